The molecule has 0 radical (unpaired) electrons. The van der Waals surface area contributed by atoms with Gasteiger partial charge in [-0.2, -0.15) is 0 Å². The Hall–Kier alpha value is -1.42. The average molecular weight is 309 g/mol. The number of aryl methyl sites for hydroxylation is 1. The van der Waals surface area contributed by atoms with Crippen molar-refractivity contribution in [3.05, 3.63) is 18.0 Å². The zero-order chi connectivity index (χ0) is 14.8. The number of rotatable bonds is 6. The predicted octanol–water partition coefficient (Wildman–Crippen LogP) is 3.98. The van der Waals surface area contributed by atoms with Crippen LogP contribution in [0.3, 0.4) is 0 Å². The largest absolute Gasteiger partial charge is 0.493 e. The van der Waals surface area contributed by atoms with Gasteiger partial charge in [0.2, 0.25) is 0 Å². The number of nitrogens with zero attached hydrogens (tertiary/aromatic N) is 2. The lowest BCUT2D eigenvalue weighted by atomic mass is 9.83. The Kier molecular flexibility index (Phi) is 4.24. The maximum atomic E-state index is 6.07. The van der Waals surface area contributed by atoms with E-state index < -0.39 is 0 Å². The van der Waals surface area contributed by atoms with Crippen molar-refractivity contribution in [2.75, 3.05) is 14.2 Å². The number of benzene rings is 1. The Labute approximate surface area is 130 Å². The van der Waals surface area contributed by atoms with E-state index >= 15 is 0 Å². The van der Waals surface area contributed by atoms with E-state index in [1.165, 1.54) is 25.7 Å². The van der Waals surface area contributed by atoms with Crippen molar-refractivity contribution in [1.82, 2.24) is 9.55 Å². The predicted molar refractivity (Wildman–Crippen MR) is 84.4 cm³/mol. The van der Waals surface area contributed by atoms with Gasteiger partial charge in [-0.15, -0.1) is 11.6 Å². The number of methoxy groups -OCH3 is 2. The molecular weight excluding hydrogens is 288 g/mol. The third kappa shape index (κ3) is 2.69. The van der Waals surface area contributed by atoms with E-state index in [1.807, 2.05) is 12.1 Å². The maximum absolute atomic E-state index is 6.07. The van der Waals surface area contributed by atoms with E-state index in [9.17, 15) is 0 Å². The standard InChI is InChI=1S/C16H21ClN2O2/c1-20-14-8-12-13(9-15(14)21-2)19(16(10-17)18-12)7-6-11-4-3-5-11/h8-9,11H,3-7,10H2,1-2H3. The topological polar surface area (TPSA) is 36.3 Å². The van der Waals surface area contributed by atoms with Crippen LogP contribution in [0.4, 0.5) is 0 Å². The van der Waals surface area contributed by atoms with E-state index in [4.69, 9.17) is 21.1 Å². The van der Waals surface area contributed by atoms with Gasteiger partial charge >= 0.3 is 0 Å². The highest BCUT2D eigenvalue weighted by Crippen LogP contribution is 2.34. The summed E-state index contributed by atoms with van der Waals surface area (Å²) in [5.41, 5.74) is 1.99. The molecule has 1 saturated carbocycles. The van der Waals surface area contributed by atoms with Gasteiger partial charge < -0.3 is 14.0 Å². The molecule has 5 heteroatoms. The van der Waals surface area contributed by atoms with Crippen molar-refractivity contribution in [2.45, 2.75) is 38.1 Å². The Morgan fingerprint density at radius 1 is 1.24 bits per heavy atom. The number of hydrogen-bond donors (Lipinski definition) is 0. The summed E-state index contributed by atoms with van der Waals surface area (Å²) in [5, 5.41) is 0. The SMILES string of the molecule is COc1cc2nc(CCl)n(CCC3CCC3)c2cc1OC. The van der Waals surface area contributed by atoms with Crippen molar-refractivity contribution >= 4 is 22.6 Å². The Balaban J connectivity index is 1.98. The molecule has 4 nitrogen and oxygen atoms in total. The lowest BCUT2D eigenvalue weighted by molar-refractivity contribution is 0.282. The highest BCUT2D eigenvalue weighted by Gasteiger charge is 2.19. The first-order valence-corrected chi connectivity index (χ1v) is 7.97. The van der Waals surface area contributed by atoms with Gasteiger partial charge in [0.15, 0.2) is 11.5 Å². The highest BCUT2D eigenvalue weighted by molar-refractivity contribution is 6.16. The zero-order valence-corrected chi connectivity index (χ0v) is 13.3. The Morgan fingerprint density at radius 3 is 2.52 bits per heavy atom. The molecule has 3 rings (SSSR count). The van der Waals surface area contributed by atoms with E-state index in [-0.39, 0.29) is 0 Å². The molecule has 0 aliphatic heterocycles. The smallest absolute Gasteiger partial charge is 0.163 e. The second-order valence-electron chi connectivity index (χ2n) is 5.59. The van der Waals surface area contributed by atoms with Crippen molar-refractivity contribution in [3.63, 3.8) is 0 Å². The van der Waals surface area contributed by atoms with Crippen LogP contribution in [0.25, 0.3) is 11.0 Å². The van der Waals surface area contributed by atoms with Crippen LogP contribution in [0.5, 0.6) is 11.5 Å². The summed E-state index contributed by atoms with van der Waals surface area (Å²) in [6.45, 7) is 0.971. The fourth-order valence-electron chi connectivity index (χ4n) is 2.95. The second kappa shape index (κ2) is 6.14. The van der Waals surface area contributed by atoms with Crippen molar-refractivity contribution < 1.29 is 9.47 Å². The third-order valence-electron chi connectivity index (χ3n) is 4.44. The van der Waals surface area contributed by atoms with Crippen LogP contribution < -0.4 is 9.47 Å². The maximum Gasteiger partial charge on any atom is 0.163 e. The molecular formula is C16H21ClN2O2. The van der Waals surface area contributed by atoms with Gasteiger partial charge in [-0.1, -0.05) is 19.3 Å². The van der Waals surface area contributed by atoms with Crippen LogP contribution in [-0.2, 0) is 12.4 Å². The molecule has 1 aliphatic carbocycles. The summed E-state index contributed by atoms with van der Waals surface area (Å²) in [6, 6.07) is 3.92. The van der Waals surface area contributed by atoms with E-state index in [1.54, 1.807) is 14.2 Å². The lowest BCUT2D eigenvalue weighted by Crippen LogP contribution is -2.14. The number of hydrogen-bond acceptors (Lipinski definition) is 3. The number of imidazole rings is 1. The minimum Gasteiger partial charge on any atom is -0.493 e. The van der Waals surface area contributed by atoms with E-state index in [2.05, 4.69) is 9.55 Å². The summed E-state index contributed by atoms with van der Waals surface area (Å²) in [7, 11) is 3.29. The van der Waals surface area contributed by atoms with Crippen molar-refractivity contribution in [3.8, 4) is 11.5 Å². The Bertz CT molecular complexity index is 635. The van der Waals surface area contributed by atoms with Crippen LogP contribution >= 0.6 is 11.6 Å². The fourth-order valence-corrected chi connectivity index (χ4v) is 3.15. The quantitative estimate of drug-likeness (QED) is 0.757. The molecule has 0 bridgehead atoms. The summed E-state index contributed by atoms with van der Waals surface area (Å²) in [6.07, 6.45) is 5.30. The summed E-state index contributed by atoms with van der Waals surface area (Å²) < 4.78 is 13.0. The molecule has 21 heavy (non-hydrogen) atoms. The van der Waals surface area contributed by atoms with Crippen molar-refractivity contribution in [1.29, 1.82) is 0 Å². The molecule has 0 unspecified atom stereocenters. The molecule has 2 aromatic rings. The lowest BCUT2D eigenvalue weighted by Gasteiger charge is -2.25. The van der Waals surface area contributed by atoms with Crippen LogP contribution in [0.15, 0.2) is 12.1 Å². The van der Waals surface area contributed by atoms with Gasteiger partial charge in [-0.25, -0.2) is 4.98 Å². The van der Waals surface area contributed by atoms with Crippen LogP contribution in [0.2, 0.25) is 0 Å². The molecule has 0 N–H and O–H groups in total. The summed E-state index contributed by atoms with van der Waals surface area (Å²) >= 11 is 6.07. The molecule has 0 spiro atoms. The number of aromatic nitrogens is 2. The van der Waals surface area contributed by atoms with Gasteiger partial charge in [-0.3, -0.25) is 0 Å². The van der Waals surface area contributed by atoms with Gasteiger partial charge in [0, 0.05) is 18.7 Å². The average Bonchev–Trinajstić information content (AvgIpc) is 2.81. The molecule has 0 atom stereocenters. The molecule has 1 fully saturated rings. The molecule has 1 aliphatic rings. The molecule has 1 aromatic heterocycles. The van der Waals surface area contributed by atoms with Crippen LogP contribution in [0.1, 0.15) is 31.5 Å². The molecule has 1 heterocycles. The highest BCUT2D eigenvalue weighted by atomic mass is 35.5. The fraction of sp³-hybridized carbons (Fsp3) is 0.562. The van der Waals surface area contributed by atoms with Gasteiger partial charge in [0.25, 0.3) is 0 Å². The Morgan fingerprint density at radius 2 is 1.95 bits per heavy atom. The first kappa shape index (κ1) is 14.5. The van der Waals surface area contributed by atoms with Crippen LogP contribution in [0, 0.1) is 5.92 Å². The summed E-state index contributed by atoms with van der Waals surface area (Å²) in [5.74, 6) is 3.64. The van der Waals surface area contributed by atoms with E-state index in [0.717, 1.165) is 35.1 Å². The number of fused-ring (bicyclic) bond motifs is 1. The zero-order valence-electron chi connectivity index (χ0n) is 12.6. The van der Waals surface area contributed by atoms with Crippen LogP contribution in [-0.4, -0.2) is 23.8 Å². The first-order chi connectivity index (χ1) is 10.3. The normalized spacial score (nSPS) is 15.2. The number of ether oxygens (including phenoxy) is 2. The monoisotopic (exact) mass is 308 g/mol. The van der Waals surface area contributed by atoms with E-state index in [0.29, 0.717) is 11.6 Å². The third-order valence-corrected chi connectivity index (χ3v) is 4.68. The van der Waals surface area contributed by atoms with Gasteiger partial charge in [-0.05, 0) is 12.3 Å². The van der Waals surface area contributed by atoms with Crippen molar-refractivity contribution in [2.24, 2.45) is 5.92 Å². The van der Waals surface area contributed by atoms with Gasteiger partial charge in [0.1, 0.15) is 5.82 Å². The van der Waals surface area contributed by atoms with Gasteiger partial charge in [0.05, 0.1) is 31.1 Å². The molecule has 0 saturated heterocycles. The molecule has 114 valence electrons. The first-order valence-electron chi connectivity index (χ1n) is 7.44. The number of halogens is 1. The number of alkyl halides is 1. The minimum atomic E-state index is 0.421. The summed E-state index contributed by atoms with van der Waals surface area (Å²) in [4.78, 5) is 4.63. The molecule has 0 amide bonds. The molecule has 1 aromatic carbocycles. The second-order valence-corrected chi connectivity index (χ2v) is 5.86. The minimum absolute atomic E-state index is 0.421.